The lowest BCUT2D eigenvalue weighted by Gasteiger charge is -2.11. The molecule has 2 aromatic rings. The first kappa shape index (κ1) is 16.2. The normalized spacial score (nSPS) is 11.1. The first-order valence-electron chi connectivity index (χ1n) is 6.21. The lowest BCUT2D eigenvalue weighted by molar-refractivity contribution is -0.153. The SMILES string of the molecule is O=C(Nc1ccc(OCC(F)(F)F)cc1Cl)c1ccccc1. The Balaban J connectivity index is 2.05. The van der Waals surface area contributed by atoms with Gasteiger partial charge in [-0.2, -0.15) is 13.2 Å². The maximum atomic E-state index is 12.1. The molecule has 0 saturated heterocycles. The van der Waals surface area contributed by atoms with Gasteiger partial charge in [-0.3, -0.25) is 4.79 Å². The number of nitrogens with one attached hydrogen (secondary N) is 1. The molecule has 0 aliphatic rings. The lowest BCUT2D eigenvalue weighted by atomic mass is 10.2. The number of ether oxygens (including phenoxy) is 1. The third kappa shape index (κ3) is 4.66. The predicted octanol–water partition coefficient (Wildman–Crippen LogP) is 4.53. The van der Waals surface area contributed by atoms with E-state index in [1.807, 2.05) is 0 Å². The third-order valence-electron chi connectivity index (χ3n) is 2.63. The number of benzene rings is 2. The van der Waals surface area contributed by atoms with Crippen molar-refractivity contribution in [1.82, 2.24) is 0 Å². The van der Waals surface area contributed by atoms with E-state index < -0.39 is 12.8 Å². The molecular formula is C15H11ClF3NO2. The molecule has 116 valence electrons. The van der Waals surface area contributed by atoms with Crippen molar-refractivity contribution in [3.8, 4) is 5.75 Å². The summed E-state index contributed by atoms with van der Waals surface area (Å²) in [6.07, 6.45) is -4.42. The van der Waals surface area contributed by atoms with Gasteiger partial charge in [-0.05, 0) is 24.3 Å². The molecule has 0 aliphatic heterocycles. The lowest BCUT2D eigenvalue weighted by Crippen LogP contribution is -2.19. The number of rotatable bonds is 4. The fourth-order valence-corrected chi connectivity index (χ4v) is 1.85. The maximum absolute atomic E-state index is 12.1. The minimum absolute atomic E-state index is 0.0277. The van der Waals surface area contributed by atoms with Crippen molar-refractivity contribution in [3.05, 3.63) is 59.1 Å². The van der Waals surface area contributed by atoms with E-state index in [1.165, 1.54) is 18.2 Å². The minimum atomic E-state index is -4.42. The number of carbonyl (C=O) groups excluding carboxylic acids is 1. The highest BCUT2D eigenvalue weighted by Gasteiger charge is 2.28. The van der Waals surface area contributed by atoms with Crippen LogP contribution in [-0.2, 0) is 0 Å². The van der Waals surface area contributed by atoms with Gasteiger partial charge in [-0.15, -0.1) is 0 Å². The first-order chi connectivity index (χ1) is 10.3. The van der Waals surface area contributed by atoms with Crippen LogP contribution in [0.4, 0.5) is 18.9 Å². The third-order valence-corrected chi connectivity index (χ3v) is 2.94. The Morgan fingerprint density at radius 1 is 1.14 bits per heavy atom. The zero-order chi connectivity index (χ0) is 16.2. The van der Waals surface area contributed by atoms with Crippen LogP contribution in [0.5, 0.6) is 5.75 Å². The van der Waals surface area contributed by atoms with Crippen LogP contribution in [0, 0.1) is 0 Å². The number of hydrogen-bond acceptors (Lipinski definition) is 2. The molecule has 2 aromatic carbocycles. The van der Waals surface area contributed by atoms with Gasteiger partial charge in [-0.25, -0.2) is 0 Å². The second-order valence-electron chi connectivity index (χ2n) is 4.37. The number of anilines is 1. The molecule has 3 nitrogen and oxygen atoms in total. The van der Waals surface area contributed by atoms with E-state index in [2.05, 4.69) is 10.1 Å². The summed E-state index contributed by atoms with van der Waals surface area (Å²) in [5.74, 6) is -0.397. The summed E-state index contributed by atoms with van der Waals surface area (Å²) < 4.78 is 40.8. The summed E-state index contributed by atoms with van der Waals surface area (Å²) in [6.45, 7) is -1.40. The molecule has 0 saturated carbocycles. The highest BCUT2D eigenvalue weighted by Crippen LogP contribution is 2.28. The van der Waals surface area contributed by atoms with Gasteiger partial charge in [-0.1, -0.05) is 29.8 Å². The number of halogens is 4. The molecule has 0 fully saturated rings. The molecule has 1 amide bonds. The summed E-state index contributed by atoms with van der Waals surface area (Å²) in [4.78, 5) is 12.0. The number of hydrogen-bond donors (Lipinski definition) is 1. The fraction of sp³-hybridized carbons (Fsp3) is 0.133. The average molecular weight is 330 g/mol. The van der Waals surface area contributed by atoms with Gasteiger partial charge in [0.05, 0.1) is 10.7 Å². The molecule has 0 radical (unpaired) electrons. The van der Waals surface area contributed by atoms with E-state index in [4.69, 9.17) is 11.6 Å². The fourth-order valence-electron chi connectivity index (χ4n) is 1.64. The highest BCUT2D eigenvalue weighted by atomic mass is 35.5. The Bertz CT molecular complexity index is 660. The maximum Gasteiger partial charge on any atom is 0.422 e. The summed E-state index contributed by atoms with van der Waals surface area (Å²) in [7, 11) is 0. The smallest absolute Gasteiger partial charge is 0.422 e. The monoisotopic (exact) mass is 329 g/mol. The Morgan fingerprint density at radius 2 is 1.82 bits per heavy atom. The van der Waals surface area contributed by atoms with Crippen LogP contribution in [0.15, 0.2) is 48.5 Å². The first-order valence-corrected chi connectivity index (χ1v) is 6.58. The Kier molecular flexibility index (Phi) is 4.92. The molecule has 0 unspecified atom stereocenters. The van der Waals surface area contributed by atoms with Gasteiger partial charge in [0.2, 0.25) is 0 Å². The van der Waals surface area contributed by atoms with Gasteiger partial charge < -0.3 is 10.1 Å². The Labute approximate surface area is 129 Å². The second kappa shape index (κ2) is 6.70. The van der Waals surface area contributed by atoms with E-state index in [-0.39, 0.29) is 22.4 Å². The topological polar surface area (TPSA) is 38.3 Å². The quantitative estimate of drug-likeness (QED) is 0.894. The van der Waals surface area contributed by atoms with Crippen LogP contribution in [0.1, 0.15) is 10.4 Å². The standard InChI is InChI=1S/C15H11ClF3NO2/c16-12-8-11(22-9-15(17,18)19)6-7-13(12)20-14(21)10-4-2-1-3-5-10/h1-8H,9H2,(H,20,21). The average Bonchev–Trinajstić information content (AvgIpc) is 2.47. The Morgan fingerprint density at radius 3 is 2.41 bits per heavy atom. The molecule has 1 N–H and O–H groups in total. The van der Waals surface area contributed by atoms with Crippen LogP contribution in [0.25, 0.3) is 0 Å². The molecule has 0 aromatic heterocycles. The van der Waals surface area contributed by atoms with Gasteiger partial charge in [0.25, 0.3) is 5.91 Å². The minimum Gasteiger partial charge on any atom is -0.484 e. The zero-order valence-electron chi connectivity index (χ0n) is 11.2. The van der Waals surface area contributed by atoms with Gasteiger partial charge in [0, 0.05) is 11.6 Å². The van der Waals surface area contributed by atoms with Crippen molar-refractivity contribution in [2.24, 2.45) is 0 Å². The second-order valence-corrected chi connectivity index (χ2v) is 4.77. The van der Waals surface area contributed by atoms with Gasteiger partial charge in [0.1, 0.15) is 5.75 Å². The zero-order valence-corrected chi connectivity index (χ0v) is 11.9. The van der Waals surface area contributed by atoms with E-state index in [0.29, 0.717) is 5.56 Å². The molecular weight excluding hydrogens is 319 g/mol. The van der Waals surface area contributed by atoms with Crippen LogP contribution in [-0.4, -0.2) is 18.7 Å². The van der Waals surface area contributed by atoms with Crippen molar-refractivity contribution in [2.45, 2.75) is 6.18 Å². The number of amides is 1. The molecule has 0 aliphatic carbocycles. The Hall–Kier alpha value is -2.21. The van der Waals surface area contributed by atoms with Crippen molar-refractivity contribution < 1.29 is 22.7 Å². The summed E-state index contributed by atoms with van der Waals surface area (Å²) in [5, 5.41) is 2.66. The van der Waals surface area contributed by atoms with Crippen molar-refractivity contribution in [1.29, 1.82) is 0 Å². The van der Waals surface area contributed by atoms with Crippen molar-refractivity contribution >= 4 is 23.2 Å². The van der Waals surface area contributed by atoms with Crippen LogP contribution >= 0.6 is 11.6 Å². The van der Waals surface area contributed by atoms with E-state index in [0.717, 1.165) is 0 Å². The van der Waals surface area contributed by atoms with Gasteiger partial charge >= 0.3 is 6.18 Å². The number of carbonyl (C=O) groups is 1. The summed E-state index contributed by atoms with van der Waals surface area (Å²) in [6, 6.07) is 12.4. The highest BCUT2D eigenvalue weighted by molar-refractivity contribution is 6.34. The molecule has 22 heavy (non-hydrogen) atoms. The van der Waals surface area contributed by atoms with E-state index in [9.17, 15) is 18.0 Å². The van der Waals surface area contributed by atoms with E-state index >= 15 is 0 Å². The van der Waals surface area contributed by atoms with Crippen LogP contribution < -0.4 is 10.1 Å². The molecule has 2 rings (SSSR count). The molecule has 0 heterocycles. The van der Waals surface area contributed by atoms with Crippen LogP contribution in [0.2, 0.25) is 5.02 Å². The molecule has 7 heteroatoms. The van der Waals surface area contributed by atoms with Gasteiger partial charge in [0.15, 0.2) is 6.61 Å². The largest absolute Gasteiger partial charge is 0.484 e. The summed E-state index contributed by atoms with van der Waals surface area (Å²) in [5.41, 5.74) is 0.728. The molecule has 0 atom stereocenters. The van der Waals surface area contributed by atoms with E-state index in [1.54, 1.807) is 30.3 Å². The number of alkyl halides is 3. The van der Waals surface area contributed by atoms with Crippen LogP contribution in [0.3, 0.4) is 0 Å². The molecule has 0 spiro atoms. The summed E-state index contributed by atoms with van der Waals surface area (Å²) >= 11 is 5.93. The molecule has 0 bridgehead atoms. The van der Waals surface area contributed by atoms with Crippen molar-refractivity contribution in [2.75, 3.05) is 11.9 Å². The predicted molar refractivity (Wildman–Crippen MR) is 77.4 cm³/mol. The van der Waals surface area contributed by atoms with Crippen molar-refractivity contribution in [3.63, 3.8) is 0 Å².